The second kappa shape index (κ2) is 4.81. The fourth-order valence-corrected chi connectivity index (χ4v) is 2.27. The Kier molecular flexibility index (Phi) is 2.99. The smallest absolute Gasteiger partial charge is 0.253 e. The molecule has 0 fully saturated rings. The zero-order valence-corrected chi connectivity index (χ0v) is 11.2. The lowest BCUT2D eigenvalue weighted by atomic mass is 10.1. The number of aromatic nitrogens is 2. The molecule has 0 aliphatic heterocycles. The molecule has 2 heterocycles. The molecule has 20 heavy (non-hydrogen) atoms. The van der Waals surface area contributed by atoms with E-state index in [1.165, 1.54) is 0 Å². The Morgan fingerprint density at radius 3 is 2.85 bits per heavy atom. The van der Waals surface area contributed by atoms with E-state index in [4.69, 9.17) is 5.73 Å². The molecule has 100 valence electrons. The van der Waals surface area contributed by atoms with Gasteiger partial charge >= 0.3 is 0 Å². The van der Waals surface area contributed by atoms with Crippen molar-refractivity contribution < 1.29 is 0 Å². The van der Waals surface area contributed by atoms with Crippen LogP contribution in [0.1, 0.15) is 11.1 Å². The molecule has 0 aliphatic rings. The van der Waals surface area contributed by atoms with Crippen molar-refractivity contribution in [3.8, 4) is 0 Å². The Morgan fingerprint density at radius 1 is 1.20 bits per heavy atom. The zero-order valence-electron chi connectivity index (χ0n) is 11.2. The molecule has 0 spiro atoms. The van der Waals surface area contributed by atoms with Crippen LogP contribution in [0.5, 0.6) is 0 Å². The van der Waals surface area contributed by atoms with Crippen molar-refractivity contribution in [1.29, 1.82) is 0 Å². The van der Waals surface area contributed by atoms with Gasteiger partial charge in [-0.3, -0.25) is 4.79 Å². The number of para-hydroxylation sites is 1. The monoisotopic (exact) mass is 265 g/mol. The molecule has 3 aromatic rings. The summed E-state index contributed by atoms with van der Waals surface area (Å²) < 4.78 is 1.65. The second-order valence-electron chi connectivity index (χ2n) is 4.85. The molecule has 2 aromatic heterocycles. The van der Waals surface area contributed by atoms with E-state index in [0.29, 0.717) is 12.4 Å². The highest BCUT2D eigenvalue weighted by atomic mass is 16.1. The first-order valence-electron chi connectivity index (χ1n) is 6.45. The molecule has 3 rings (SSSR count). The molecule has 0 unspecified atom stereocenters. The molecular weight excluding hydrogens is 250 g/mol. The van der Waals surface area contributed by atoms with Crippen LogP contribution in [-0.4, -0.2) is 9.55 Å². The summed E-state index contributed by atoms with van der Waals surface area (Å²) in [6, 6.07) is 13.5. The van der Waals surface area contributed by atoms with Crippen molar-refractivity contribution >= 4 is 16.7 Å². The van der Waals surface area contributed by atoms with Gasteiger partial charge in [0.1, 0.15) is 5.82 Å². The van der Waals surface area contributed by atoms with Gasteiger partial charge in [-0.2, -0.15) is 0 Å². The van der Waals surface area contributed by atoms with Gasteiger partial charge in [0.15, 0.2) is 0 Å². The second-order valence-corrected chi connectivity index (χ2v) is 4.85. The number of nitrogens with two attached hydrogens (primary N) is 1. The van der Waals surface area contributed by atoms with Gasteiger partial charge in [-0.1, -0.05) is 24.3 Å². The SMILES string of the molecule is Cc1cccn(Cc2cc3ccccc3nc2N)c1=O. The van der Waals surface area contributed by atoms with E-state index in [1.807, 2.05) is 36.4 Å². The molecule has 0 saturated heterocycles. The molecule has 0 bridgehead atoms. The van der Waals surface area contributed by atoms with Gasteiger partial charge in [0.2, 0.25) is 0 Å². The molecule has 4 heteroatoms. The normalized spacial score (nSPS) is 10.8. The highest BCUT2D eigenvalue weighted by Crippen LogP contribution is 2.18. The minimum atomic E-state index is 0.0000543. The fourth-order valence-electron chi connectivity index (χ4n) is 2.27. The van der Waals surface area contributed by atoms with E-state index < -0.39 is 0 Å². The predicted octanol–water partition coefficient (Wildman–Crippen LogP) is 2.34. The summed E-state index contributed by atoms with van der Waals surface area (Å²) in [4.78, 5) is 16.4. The minimum absolute atomic E-state index is 0.0000543. The minimum Gasteiger partial charge on any atom is -0.383 e. The molecule has 0 amide bonds. The predicted molar refractivity (Wildman–Crippen MR) is 80.7 cm³/mol. The first-order valence-corrected chi connectivity index (χ1v) is 6.45. The van der Waals surface area contributed by atoms with Crippen LogP contribution in [0.3, 0.4) is 0 Å². The molecule has 0 radical (unpaired) electrons. The van der Waals surface area contributed by atoms with Crippen molar-refractivity contribution in [2.24, 2.45) is 0 Å². The summed E-state index contributed by atoms with van der Waals surface area (Å²) >= 11 is 0. The molecule has 2 N–H and O–H groups in total. The number of anilines is 1. The van der Waals surface area contributed by atoms with Crippen LogP contribution in [0.4, 0.5) is 5.82 Å². The highest BCUT2D eigenvalue weighted by Gasteiger charge is 2.06. The lowest BCUT2D eigenvalue weighted by Crippen LogP contribution is -2.22. The van der Waals surface area contributed by atoms with Crippen LogP contribution in [0.2, 0.25) is 0 Å². The van der Waals surface area contributed by atoms with E-state index in [1.54, 1.807) is 23.8 Å². The maximum atomic E-state index is 12.0. The maximum absolute atomic E-state index is 12.0. The highest BCUT2D eigenvalue weighted by molar-refractivity contribution is 5.81. The van der Waals surface area contributed by atoms with Crippen LogP contribution in [-0.2, 0) is 6.54 Å². The van der Waals surface area contributed by atoms with E-state index >= 15 is 0 Å². The Morgan fingerprint density at radius 2 is 2.00 bits per heavy atom. The number of fused-ring (bicyclic) bond motifs is 1. The van der Waals surface area contributed by atoms with Gasteiger partial charge in [-0.05, 0) is 25.1 Å². The van der Waals surface area contributed by atoms with Crippen molar-refractivity contribution in [3.05, 3.63) is 70.1 Å². The number of rotatable bonds is 2. The van der Waals surface area contributed by atoms with Crippen molar-refractivity contribution in [2.45, 2.75) is 13.5 Å². The average molecular weight is 265 g/mol. The van der Waals surface area contributed by atoms with E-state index in [0.717, 1.165) is 22.0 Å². The van der Waals surface area contributed by atoms with Gasteiger partial charge in [0.05, 0.1) is 12.1 Å². The number of nitrogen functional groups attached to an aromatic ring is 1. The molecule has 0 atom stereocenters. The van der Waals surface area contributed by atoms with Gasteiger partial charge < -0.3 is 10.3 Å². The summed E-state index contributed by atoms with van der Waals surface area (Å²) in [5.74, 6) is 0.470. The average Bonchev–Trinajstić information content (AvgIpc) is 2.44. The number of hydrogen-bond acceptors (Lipinski definition) is 3. The Labute approximate surface area is 116 Å². The van der Waals surface area contributed by atoms with Crippen molar-refractivity contribution in [1.82, 2.24) is 9.55 Å². The third-order valence-electron chi connectivity index (χ3n) is 3.39. The van der Waals surface area contributed by atoms with Crippen LogP contribution < -0.4 is 11.3 Å². The van der Waals surface area contributed by atoms with Crippen LogP contribution >= 0.6 is 0 Å². The van der Waals surface area contributed by atoms with Gasteiger partial charge in [-0.15, -0.1) is 0 Å². The topological polar surface area (TPSA) is 60.9 Å². The van der Waals surface area contributed by atoms with E-state index in [9.17, 15) is 4.79 Å². The zero-order chi connectivity index (χ0) is 14.1. The standard InChI is InChI=1S/C16H15N3O/c1-11-5-4-8-19(16(11)20)10-13-9-12-6-2-3-7-14(12)18-15(13)17/h2-9H,10H2,1H3,(H2,17,18). The summed E-state index contributed by atoms with van der Waals surface area (Å²) in [6.45, 7) is 2.24. The van der Waals surface area contributed by atoms with Gasteiger partial charge in [0.25, 0.3) is 5.56 Å². The number of aryl methyl sites for hydroxylation is 1. The van der Waals surface area contributed by atoms with Gasteiger partial charge in [-0.25, -0.2) is 4.98 Å². The Bertz CT molecular complexity index is 836. The summed E-state index contributed by atoms with van der Waals surface area (Å²) in [7, 11) is 0. The summed E-state index contributed by atoms with van der Waals surface area (Å²) in [5, 5.41) is 1.03. The van der Waals surface area contributed by atoms with Crippen LogP contribution in [0.15, 0.2) is 53.5 Å². The van der Waals surface area contributed by atoms with Crippen LogP contribution in [0.25, 0.3) is 10.9 Å². The van der Waals surface area contributed by atoms with E-state index in [2.05, 4.69) is 4.98 Å². The quantitative estimate of drug-likeness (QED) is 0.773. The van der Waals surface area contributed by atoms with Crippen LogP contribution in [0, 0.1) is 6.92 Å². The fraction of sp³-hybridized carbons (Fsp3) is 0.125. The van der Waals surface area contributed by atoms with Crippen molar-refractivity contribution in [2.75, 3.05) is 5.73 Å². The summed E-state index contributed by atoms with van der Waals surface area (Å²) in [5.41, 5.74) is 8.44. The third-order valence-corrected chi connectivity index (χ3v) is 3.39. The molecule has 4 nitrogen and oxygen atoms in total. The third kappa shape index (κ3) is 2.16. The number of hydrogen-bond donors (Lipinski definition) is 1. The molecule has 1 aromatic carbocycles. The van der Waals surface area contributed by atoms with E-state index in [-0.39, 0.29) is 5.56 Å². The number of nitrogens with zero attached hydrogens (tertiary/aromatic N) is 2. The largest absolute Gasteiger partial charge is 0.383 e. The number of pyridine rings is 2. The number of benzene rings is 1. The summed E-state index contributed by atoms with van der Waals surface area (Å²) in [6.07, 6.45) is 1.77. The first kappa shape index (κ1) is 12.4. The molecule has 0 saturated carbocycles. The lowest BCUT2D eigenvalue weighted by Gasteiger charge is -2.10. The lowest BCUT2D eigenvalue weighted by molar-refractivity contribution is 0.753. The first-order chi connectivity index (χ1) is 9.65. The Hall–Kier alpha value is -2.62. The maximum Gasteiger partial charge on any atom is 0.253 e. The molecular formula is C16H15N3O. The van der Waals surface area contributed by atoms with Gasteiger partial charge in [0, 0.05) is 22.7 Å². The Balaban J connectivity index is 2.08. The van der Waals surface area contributed by atoms with Crippen molar-refractivity contribution in [3.63, 3.8) is 0 Å². The molecule has 0 aliphatic carbocycles.